The number of hydrogen-bond acceptors (Lipinski definition) is 6. The lowest BCUT2D eigenvalue weighted by atomic mass is 10.0. The van der Waals surface area contributed by atoms with Crippen LogP contribution in [0.1, 0.15) is 38.9 Å². The van der Waals surface area contributed by atoms with E-state index in [1.165, 1.54) is 12.4 Å². The molecule has 2 aromatic heterocycles. The molecule has 0 spiro atoms. The Bertz CT molecular complexity index is 950. The van der Waals surface area contributed by atoms with Crippen LogP contribution in [0.15, 0.2) is 24.5 Å². The van der Waals surface area contributed by atoms with Gasteiger partial charge in [0, 0.05) is 36.6 Å². The number of amides is 1. The average Bonchev–Trinajstić information content (AvgIpc) is 3.38. The maximum atomic E-state index is 13.5. The molecule has 3 heterocycles. The van der Waals surface area contributed by atoms with Crippen LogP contribution in [-0.4, -0.2) is 55.2 Å². The maximum Gasteiger partial charge on any atom is 0.451 e. The minimum atomic E-state index is -4.65. The highest BCUT2D eigenvalue weighted by atomic mass is 19.4. The number of aryl methyl sites for hydroxylation is 1. The fraction of sp³-hybridized carbons (Fsp3) is 0.550. The predicted molar refractivity (Wildman–Crippen MR) is 105 cm³/mol. The van der Waals surface area contributed by atoms with Crippen molar-refractivity contribution >= 4 is 5.91 Å². The summed E-state index contributed by atoms with van der Waals surface area (Å²) in [5.41, 5.74) is -0.242. The third kappa shape index (κ3) is 5.58. The molecule has 31 heavy (non-hydrogen) atoms. The molecule has 1 fully saturated rings. The number of carbonyl (C=O) groups is 1. The molecular weight excluding hydrogens is 411 g/mol. The molecule has 8 nitrogen and oxygen atoms in total. The summed E-state index contributed by atoms with van der Waals surface area (Å²) in [6.07, 6.45) is 0.00586. The Morgan fingerprint density at radius 3 is 2.81 bits per heavy atom. The highest BCUT2D eigenvalue weighted by Crippen LogP contribution is 2.30. The van der Waals surface area contributed by atoms with Gasteiger partial charge in [-0.05, 0) is 45.2 Å². The molecule has 0 aromatic carbocycles. The van der Waals surface area contributed by atoms with E-state index in [1.54, 1.807) is 30.9 Å². The fourth-order valence-electron chi connectivity index (χ4n) is 3.41. The molecule has 2 aromatic rings. The highest BCUT2D eigenvalue weighted by molar-refractivity contribution is 5.79. The standard InChI is InChI=1S/C20H24F3N7O/c1-19(2,26-13-16(31)29-9-4-6-15(29)11-24)7-10-30-18(20(21,22)23)27-17(28-30)14-5-3-8-25-12-14/h3,5,8,12,15,26H,4,6-7,9-10,13H2,1-2H3/t15-/m0/s1. The number of rotatable bonds is 7. The lowest BCUT2D eigenvalue weighted by Crippen LogP contribution is -2.48. The Morgan fingerprint density at radius 2 is 2.16 bits per heavy atom. The van der Waals surface area contributed by atoms with Crippen LogP contribution >= 0.6 is 0 Å². The number of nitrogens with one attached hydrogen (secondary N) is 1. The minimum absolute atomic E-state index is 0.00952. The quantitative estimate of drug-likeness (QED) is 0.718. The van der Waals surface area contributed by atoms with Gasteiger partial charge in [0.15, 0.2) is 5.82 Å². The third-order valence-electron chi connectivity index (χ3n) is 5.23. The smallest absolute Gasteiger partial charge is 0.326 e. The van der Waals surface area contributed by atoms with Crippen molar-refractivity contribution in [2.45, 2.75) is 57.4 Å². The Hall–Kier alpha value is -3.00. The Kier molecular flexibility index (Phi) is 6.59. The summed E-state index contributed by atoms with van der Waals surface area (Å²) < 4.78 is 41.2. The summed E-state index contributed by atoms with van der Waals surface area (Å²) in [6, 6.07) is 4.91. The van der Waals surface area contributed by atoms with E-state index in [-0.39, 0.29) is 31.2 Å². The molecule has 0 unspecified atom stereocenters. The molecule has 1 N–H and O–H groups in total. The van der Waals surface area contributed by atoms with Gasteiger partial charge in [-0.15, -0.1) is 0 Å². The van der Waals surface area contributed by atoms with Crippen molar-refractivity contribution in [1.82, 2.24) is 30.0 Å². The number of likely N-dealkylation sites (tertiary alicyclic amines) is 1. The van der Waals surface area contributed by atoms with E-state index < -0.39 is 23.6 Å². The second kappa shape index (κ2) is 9.01. The molecule has 3 rings (SSSR count). The molecule has 166 valence electrons. The average molecular weight is 435 g/mol. The zero-order chi connectivity index (χ0) is 22.6. The summed E-state index contributed by atoms with van der Waals surface area (Å²) in [4.78, 5) is 21.5. The first kappa shape index (κ1) is 22.7. The maximum absolute atomic E-state index is 13.5. The number of alkyl halides is 3. The van der Waals surface area contributed by atoms with E-state index in [0.29, 0.717) is 18.5 Å². The summed E-state index contributed by atoms with van der Waals surface area (Å²) in [6.45, 7) is 4.12. The van der Waals surface area contributed by atoms with Crippen molar-refractivity contribution in [1.29, 1.82) is 5.26 Å². The van der Waals surface area contributed by atoms with Crippen molar-refractivity contribution in [3.8, 4) is 17.5 Å². The summed E-state index contributed by atoms with van der Waals surface area (Å²) >= 11 is 0. The van der Waals surface area contributed by atoms with E-state index in [0.717, 1.165) is 11.1 Å². The van der Waals surface area contributed by atoms with E-state index in [4.69, 9.17) is 5.26 Å². The van der Waals surface area contributed by atoms with Gasteiger partial charge in [0.25, 0.3) is 0 Å². The van der Waals surface area contributed by atoms with Crippen LogP contribution in [-0.2, 0) is 17.5 Å². The lowest BCUT2D eigenvalue weighted by molar-refractivity contribution is -0.148. The number of hydrogen-bond donors (Lipinski definition) is 1. The molecule has 0 aliphatic carbocycles. The van der Waals surface area contributed by atoms with Gasteiger partial charge >= 0.3 is 6.18 Å². The zero-order valence-electron chi connectivity index (χ0n) is 17.4. The first-order chi connectivity index (χ1) is 14.6. The second-order valence-electron chi connectivity index (χ2n) is 8.08. The highest BCUT2D eigenvalue weighted by Gasteiger charge is 2.38. The summed E-state index contributed by atoms with van der Waals surface area (Å²) in [7, 11) is 0. The fourth-order valence-corrected chi connectivity index (χ4v) is 3.41. The van der Waals surface area contributed by atoms with Crippen molar-refractivity contribution < 1.29 is 18.0 Å². The van der Waals surface area contributed by atoms with E-state index in [1.807, 2.05) is 0 Å². The molecule has 0 saturated carbocycles. The Balaban J connectivity index is 1.66. The third-order valence-corrected chi connectivity index (χ3v) is 5.23. The van der Waals surface area contributed by atoms with Gasteiger partial charge < -0.3 is 10.2 Å². The topological polar surface area (TPSA) is 99.7 Å². The summed E-state index contributed by atoms with van der Waals surface area (Å²) in [5.74, 6) is -1.31. The van der Waals surface area contributed by atoms with Gasteiger partial charge in [0.05, 0.1) is 12.6 Å². The molecule has 0 bridgehead atoms. The van der Waals surface area contributed by atoms with Gasteiger partial charge in [0.2, 0.25) is 11.7 Å². The molecule has 1 saturated heterocycles. The van der Waals surface area contributed by atoms with E-state index in [2.05, 4.69) is 26.5 Å². The van der Waals surface area contributed by atoms with Gasteiger partial charge in [-0.1, -0.05) is 0 Å². The van der Waals surface area contributed by atoms with Crippen molar-refractivity contribution in [3.63, 3.8) is 0 Å². The van der Waals surface area contributed by atoms with E-state index >= 15 is 0 Å². The molecular formula is C20H24F3N7O. The van der Waals surface area contributed by atoms with Gasteiger partial charge in [-0.25, -0.2) is 9.67 Å². The Labute approximate surface area is 178 Å². The molecule has 1 atom stereocenters. The summed E-state index contributed by atoms with van der Waals surface area (Å²) in [5, 5.41) is 16.3. The SMILES string of the molecule is CC(C)(CCn1nc(-c2cccnc2)nc1C(F)(F)F)NCC(=O)N1CCC[C@H]1C#N. The molecule has 1 aliphatic rings. The van der Waals surface area contributed by atoms with E-state index in [9.17, 15) is 18.0 Å². The van der Waals surface area contributed by atoms with Crippen molar-refractivity contribution in [2.75, 3.05) is 13.1 Å². The minimum Gasteiger partial charge on any atom is -0.326 e. The lowest BCUT2D eigenvalue weighted by Gasteiger charge is -2.28. The number of carbonyl (C=O) groups excluding carboxylic acids is 1. The van der Waals surface area contributed by atoms with Crippen molar-refractivity contribution in [3.05, 3.63) is 30.4 Å². The molecule has 1 amide bonds. The van der Waals surface area contributed by atoms with Crippen LogP contribution < -0.4 is 5.32 Å². The van der Waals surface area contributed by atoms with Crippen LogP contribution in [0.25, 0.3) is 11.4 Å². The molecule has 0 radical (unpaired) electrons. The first-order valence-electron chi connectivity index (χ1n) is 9.97. The van der Waals surface area contributed by atoms with Crippen LogP contribution in [0.5, 0.6) is 0 Å². The number of nitriles is 1. The van der Waals surface area contributed by atoms with Crippen LogP contribution in [0.3, 0.4) is 0 Å². The molecule has 11 heteroatoms. The number of aromatic nitrogens is 4. The Morgan fingerprint density at radius 1 is 1.39 bits per heavy atom. The van der Waals surface area contributed by atoms with Gasteiger partial charge in [0.1, 0.15) is 6.04 Å². The second-order valence-corrected chi connectivity index (χ2v) is 8.08. The van der Waals surface area contributed by atoms with Crippen LogP contribution in [0.2, 0.25) is 0 Å². The largest absolute Gasteiger partial charge is 0.451 e. The van der Waals surface area contributed by atoms with Crippen LogP contribution in [0, 0.1) is 11.3 Å². The molecule has 1 aliphatic heterocycles. The zero-order valence-corrected chi connectivity index (χ0v) is 17.4. The van der Waals surface area contributed by atoms with Gasteiger partial charge in [-0.3, -0.25) is 9.78 Å². The first-order valence-corrected chi connectivity index (χ1v) is 9.97. The number of nitrogens with zero attached hydrogens (tertiary/aromatic N) is 6. The monoisotopic (exact) mass is 435 g/mol. The normalized spacial score (nSPS) is 17.0. The van der Waals surface area contributed by atoms with Crippen molar-refractivity contribution in [2.24, 2.45) is 0 Å². The predicted octanol–water partition coefficient (Wildman–Crippen LogP) is 2.63. The van der Waals surface area contributed by atoms with Gasteiger partial charge in [-0.2, -0.15) is 23.5 Å². The van der Waals surface area contributed by atoms with Crippen LogP contribution in [0.4, 0.5) is 13.2 Å². The number of pyridine rings is 1. The number of halogens is 3.